The van der Waals surface area contributed by atoms with Gasteiger partial charge in [0.2, 0.25) is 11.8 Å². The summed E-state index contributed by atoms with van der Waals surface area (Å²) in [6, 6.07) is 20.3. The van der Waals surface area contributed by atoms with Crippen molar-refractivity contribution >= 4 is 22.7 Å². The maximum Gasteiger partial charge on any atom is 0.228 e. The molecule has 0 aliphatic carbocycles. The molecule has 1 aromatic heterocycles. The number of nitrogens with zero attached hydrogens (tertiary/aromatic N) is 1. The summed E-state index contributed by atoms with van der Waals surface area (Å²) < 4.78 is 16.1. The molecule has 3 aromatic carbocycles. The summed E-state index contributed by atoms with van der Waals surface area (Å²) in [6.45, 7) is 0. The number of oxazole rings is 1. The molecule has 0 fully saturated rings. The number of amides is 1. The van der Waals surface area contributed by atoms with Crippen molar-refractivity contribution in [2.75, 3.05) is 19.5 Å². The van der Waals surface area contributed by atoms with Gasteiger partial charge in [-0.2, -0.15) is 0 Å². The second-order valence-electron chi connectivity index (χ2n) is 6.50. The molecule has 0 atom stereocenters. The monoisotopic (exact) mass is 388 g/mol. The van der Waals surface area contributed by atoms with E-state index in [1.54, 1.807) is 32.4 Å². The molecule has 0 saturated heterocycles. The van der Waals surface area contributed by atoms with Gasteiger partial charge in [0, 0.05) is 11.3 Å². The molecule has 6 nitrogen and oxygen atoms in total. The Kier molecular flexibility index (Phi) is 5.16. The van der Waals surface area contributed by atoms with Crippen molar-refractivity contribution in [3.8, 4) is 23.0 Å². The van der Waals surface area contributed by atoms with Gasteiger partial charge in [-0.05, 0) is 60.2 Å². The first-order valence-corrected chi connectivity index (χ1v) is 9.12. The summed E-state index contributed by atoms with van der Waals surface area (Å²) in [4.78, 5) is 16.9. The van der Waals surface area contributed by atoms with Gasteiger partial charge < -0.3 is 19.2 Å². The first kappa shape index (κ1) is 18.6. The number of carbonyl (C=O) groups excluding carboxylic acids is 1. The van der Waals surface area contributed by atoms with Crippen LogP contribution in [0, 0.1) is 0 Å². The molecule has 1 heterocycles. The molecule has 0 bridgehead atoms. The van der Waals surface area contributed by atoms with Crippen molar-refractivity contribution in [3.05, 3.63) is 72.3 Å². The molecule has 0 saturated carbocycles. The third-order valence-corrected chi connectivity index (χ3v) is 4.53. The minimum Gasteiger partial charge on any atom is -0.497 e. The van der Waals surface area contributed by atoms with Crippen LogP contribution in [0.25, 0.3) is 22.6 Å². The zero-order valence-corrected chi connectivity index (χ0v) is 16.1. The number of ether oxygens (including phenoxy) is 2. The first-order valence-electron chi connectivity index (χ1n) is 9.12. The van der Waals surface area contributed by atoms with Crippen LogP contribution >= 0.6 is 0 Å². The highest BCUT2D eigenvalue weighted by atomic mass is 16.5. The van der Waals surface area contributed by atoms with Crippen LogP contribution in [0.1, 0.15) is 5.56 Å². The Morgan fingerprint density at radius 1 is 0.931 bits per heavy atom. The molecule has 0 unspecified atom stereocenters. The van der Waals surface area contributed by atoms with Crippen LogP contribution < -0.4 is 14.8 Å². The summed E-state index contributed by atoms with van der Waals surface area (Å²) >= 11 is 0. The number of hydrogen-bond donors (Lipinski definition) is 1. The van der Waals surface area contributed by atoms with Crippen molar-refractivity contribution in [2.45, 2.75) is 6.42 Å². The predicted molar refractivity (Wildman–Crippen MR) is 111 cm³/mol. The van der Waals surface area contributed by atoms with Gasteiger partial charge in [0.15, 0.2) is 5.58 Å². The highest BCUT2D eigenvalue weighted by Gasteiger charge is 2.11. The Bertz CT molecular complexity index is 1130. The number of methoxy groups -OCH3 is 2. The summed E-state index contributed by atoms with van der Waals surface area (Å²) in [7, 11) is 3.24. The molecule has 0 aliphatic rings. The van der Waals surface area contributed by atoms with Gasteiger partial charge in [0.05, 0.1) is 20.6 Å². The summed E-state index contributed by atoms with van der Waals surface area (Å²) in [5.74, 6) is 1.95. The van der Waals surface area contributed by atoms with Gasteiger partial charge in [0.1, 0.15) is 17.0 Å². The Balaban J connectivity index is 1.48. The SMILES string of the molecule is COc1ccc(CC(=O)Nc2ccc3oc(-c4ccc(OC)cc4)nc3c2)cc1. The van der Waals surface area contributed by atoms with Crippen LogP contribution in [-0.2, 0) is 11.2 Å². The molecule has 0 spiro atoms. The van der Waals surface area contributed by atoms with E-state index < -0.39 is 0 Å². The molecule has 4 rings (SSSR count). The molecule has 0 radical (unpaired) electrons. The van der Waals surface area contributed by atoms with E-state index >= 15 is 0 Å². The third-order valence-electron chi connectivity index (χ3n) is 4.53. The van der Waals surface area contributed by atoms with Gasteiger partial charge in [-0.25, -0.2) is 4.98 Å². The lowest BCUT2D eigenvalue weighted by molar-refractivity contribution is -0.115. The largest absolute Gasteiger partial charge is 0.497 e. The van der Waals surface area contributed by atoms with Crippen LogP contribution in [0.4, 0.5) is 5.69 Å². The van der Waals surface area contributed by atoms with E-state index in [-0.39, 0.29) is 12.3 Å². The second-order valence-corrected chi connectivity index (χ2v) is 6.50. The average Bonchev–Trinajstić information content (AvgIpc) is 3.17. The minimum atomic E-state index is -0.103. The van der Waals surface area contributed by atoms with Crippen LogP contribution in [0.3, 0.4) is 0 Å². The third kappa shape index (κ3) is 4.21. The Morgan fingerprint density at radius 3 is 2.24 bits per heavy atom. The van der Waals surface area contributed by atoms with Crippen molar-refractivity contribution < 1.29 is 18.7 Å². The molecule has 4 aromatic rings. The van der Waals surface area contributed by atoms with E-state index in [1.165, 1.54) is 0 Å². The molecule has 1 amide bonds. The number of nitrogens with one attached hydrogen (secondary N) is 1. The molecule has 0 aliphatic heterocycles. The van der Waals surface area contributed by atoms with Crippen molar-refractivity contribution in [1.82, 2.24) is 4.98 Å². The summed E-state index contributed by atoms with van der Waals surface area (Å²) in [5, 5.41) is 2.91. The van der Waals surface area contributed by atoms with E-state index in [0.717, 1.165) is 22.6 Å². The van der Waals surface area contributed by atoms with E-state index in [0.29, 0.717) is 22.7 Å². The number of fused-ring (bicyclic) bond motifs is 1. The first-order chi connectivity index (χ1) is 14.1. The van der Waals surface area contributed by atoms with Crippen LogP contribution in [0.2, 0.25) is 0 Å². The Labute approximate surface area is 168 Å². The van der Waals surface area contributed by atoms with E-state index in [4.69, 9.17) is 13.9 Å². The summed E-state index contributed by atoms with van der Waals surface area (Å²) in [6.07, 6.45) is 0.276. The molecular weight excluding hydrogens is 368 g/mol. The van der Waals surface area contributed by atoms with Crippen molar-refractivity contribution in [2.24, 2.45) is 0 Å². The fourth-order valence-electron chi connectivity index (χ4n) is 3.00. The number of anilines is 1. The second kappa shape index (κ2) is 8.06. The number of benzene rings is 3. The Morgan fingerprint density at radius 2 is 1.59 bits per heavy atom. The number of aromatic nitrogens is 1. The molecule has 6 heteroatoms. The highest BCUT2D eigenvalue weighted by Crippen LogP contribution is 2.27. The highest BCUT2D eigenvalue weighted by molar-refractivity contribution is 5.94. The standard InChI is InChI=1S/C23H20N2O4/c1-27-18-8-3-15(4-9-18)13-22(26)24-17-7-12-21-20(14-17)25-23(29-21)16-5-10-19(28-2)11-6-16/h3-12,14H,13H2,1-2H3,(H,24,26). The Hall–Kier alpha value is -3.80. The van der Waals surface area contributed by atoms with Crippen LogP contribution in [0.5, 0.6) is 11.5 Å². The van der Waals surface area contributed by atoms with Crippen molar-refractivity contribution in [1.29, 1.82) is 0 Å². The minimum absolute atomic E-state index is 0.103. The lowest BCUT2D eigenvalue weighted by atomic mass is 10.1. The topological polar surface area (TPSA) is 73.6 Å². The van der Waals surface area contributed by atoms with Crippen LogP contribution in [-0.4, -0.2) is 25.1 Å². The molecule has 146 valence electrons. The molecular formula is C23H20N2O4. The zero-order valence-electron chi connectivity index (χ0n) is 16.1. The van der Waals surface area contributed by atoms with E-state index in [2.05, 4.69) is 10.3 Å². The van der Waals surface area contributed by atoms with Gasteiger partial charge in [0.25, 0.3) is 0 Å². The lowest BCUT2D eigenvalue weighted by Crippen LogP contribution is -2.14. The van der Waals surface area contributed by atoms with Gasteiger partial charge >= 0.3 is 0 Å². The van der Waals surface area contributed by atoms with E-state index in [9.17, 15) is 4.79 Å². The number of hydrogen-bond acceptors (Lipinski definition) is 5. The maximum absolute atomic E-state index is 12.4. The van der Waals surface area contributed by atoms with Gasteiger partial charge in [-0.15, -0.1) is 0 Å². The summed E-state index contributed by atoms with van der Waals surface area (Å²) in [5.41, 5.74) is 3.77. The predicted octanol–water partition coefficient (Wildman–Crippen LogP) is 4.69. The van der Waals surface area contributed by atoms with Crippen molar-refractivity contribution in [3.63, 3.8) is 0 Å². The zero-order chi connectivity index (χ0) is 20.2. The lowest BCUT2D eigenvalue weighted by Gasteiger charge is -2.06. The quantitative estimate of drug-likeness (QED) is 0.519. The number of carbonyl (C=O) groups is 1. The number of rotatable bonds is 6. The normalized spacial score (nSPS) is 10.7. The average molecular weight is 388 g/mol. The van der Waals surface area contributed by atoms with Crippen LogP contribution in [0.15, 0.2) is 71.1 Å². The smallest absolute Gasteiger partial charge is 0.228 e. The fourth-order valence-corrected chi connectivity index (χ4v) is 3.00. The maximum atomic E-state index is 12.4. The van der Waals surface area contributed by atoms with Gasteiger partial charge in [-0.1, -0.05) is 12.1 Å². The fraction of sp³-hybridized carbons (Fsp3) is 0.130. The molecule has 29 heavy (non-hydrogen) atoms. The van der Waals surface area contributed by atoms with E-state index in [1.807, 2.05) is 48.5 Å². The molecule has 1 N–H and O–H groups in total. The van der Waals surface area contributed by atoms with Gasteiger partial charge in [-0.3, -0.25) is 4.79 Å².